The zero-order valence-electron chi connectivity index (χ0n) is 29.0. The minimum atomic E-state index is -4.03. The summed E-state index contributed by atoms with van der Waals surface area (Å²) in [5.41, 5.74) is -2.79. The first-order valence-electron chi connectivity index (χ1n) is 15.8. The maximum atomic E-state index is 13.2. The van der Waals surface area contributed by atoms with E-state index in [-0.39, 0.29) is 37.1 Å². The van der Waals surface area contributed by atoms with Crippen molar-refractivity contribution in [3.05, 3.63) is 12.2 Å². The zero-order valence-corrected chi connectivity index (χ0v) is 29.8. The number of amides is 3. The summed E-state index contributed by atoms with van der Waals surface area (Å²) in [4.78, 5) is 62.6. The van der Waals surface area contributed by atoms with Crippen molar-refractivity contribution < 1.29 is 51.7 Å². The van der Waals surface area contributed by atoms with Crippen molar-refractivity contribution in [2.24, 2.45) is 11.8 Å². The number of hydrogen-bond acceptors (Lipinski definition) is 11. The highest BCUT2D eigenvalue weighted by molar-refractivity contribution is 7.87. The fourth-order valence-corrected chi connectivity index (χ4v) is 5.66. The van der Waals surface area contributed by atoms with Gasteiger partial charge in [-0.05, 0) is 67.2 Å². The van der Waals surface area contributed by atoms with E-state index in [4.69, 9.17) is 9.47 Å². The number of rotatable bonds is 3. The van der Waals surface area contributed by atoms with E-state index in [1.165, 1.54) is 19.0 Å². The van der Waals surface area contributed by atoms with E-state index in [0.717, 1.165) is 30.0 Å². The van der Waals surface area contributed by atoms with Gasteiger partial charge in [0.2, 0.25) is 11.8 Å². The van der Waals surface area contributed by atoms with Crippen molar-refractivity contribution in [3.8, 4) is 0 Å². The first-order valence-corrected chi connectivity index (χ1v) is 17.3. The van der Waals surface area contributed by atoms with E-state index in [1.807, 2.05) is 23.8 Å². The molecule has 0 bridgehead atoms. The number of carbonyl (C=O) groups excluding carboxylic acids is 5. The molecule has 5 atom stereocenters. The molecule has 1 aliphatic carbocycles. The third-order valence-corrected chi connectivity index (χ3v) is 8.98. The van der Waals surface area contributed by atoms with Crippen molar-refractivity contribution in [2.75, 3.05) is 20.6 Å². The van der Waals surface area contributed by atoms with Crippen LogP contribution in [0.3, 0.4) is 0 Å². The molecule has 3 amide bonds. The molecule has 0 aromatic carbocycles. The number of carbonyl (C=O) groups is 5. The number of aliphatic hydroxyl groups excluding tert-OH is 1. The Balaban J connectivity index is 0.000000433. The second-order valence-electron chi connectivity index (χ2n) is 14.4. The maximum Gasteiger partial charge on any atom is 0.519 e. The van der Waals surface area contributed by atoms with Crippen molar-refractivity contribution in [3.63, 3.8) is 0 Å². The number of ether oxygens (including phenoxy) is 3. The molecular formula is C31H52N4O11S. The number of allylic oxidation sites excluding steroid dienone is 1. The van der Waals surface area contributed by atoms with Gasteiger partial charge in [0.15, 0.2) is 0 Å². The molecule has 0 unspecified atom stereocenters. The average Bonchev–Trinajstić information content (AvgIpc) is 3.45. The minimum Gasteiger partial charge on any atom is -0.428 e. The summed E-state index contributed by atoms with van der Waals surface area (Å²) in [6.45, 7) is 11.9. The molecular weight excluding hydrogens is 636 g/mol. The predicted molar refractivity (Wildman–Crippen MR) is 171 cm³/mol. The van der Waals surface area contributed by atoms with Gasteiger partial charge in [0.25, 0.3) is 5.91 Å². The lowest BCUT2D eigenvalue weighted by atomic mass is 10.0. The molecule has 15 nitrogen and oxygen atoms in total. The van der Waals surface area contributed by atoms with Gasteiger partial charge in [-0.3, -0.25) is 14.4 Å². The van der Waals surface area contributed by atoms with Gasteiger partial charge in [-0.1, -0.05) is 31.9 Å². The number of fused-ring (bicyclic) bond motifs is 2. The molecule has 3 N–H and O–H groups in total. The van der Waals surface area contributed by atoms with Crippen LogP contribution in [0.4, 0.5) is 9.59 Å². The lowest BCUT2D eigenvalue weighted by molar-refractivity contribution is -0.142. The molecule has 2 heterocycles. The van der Waals surface area contributed by atoms with Crippen LogP contribution in [0.25, 0.3) is 0 Å². The summed E-state index contributed by atoms with van der Waals surface area (Å²) in [5, 5.41) is 12.9. The smallest absolute Gasteiger partial charge is 0.428 e. The highest BCUT2D eigenvalue weighted by atomic mass is 32.2. The summed E-state index contributed by atoms with van der Waals surface area (Å²) in [7, 11) is -1.42. The van der Waals surface area contributed by atoms with Crippen LogP contribution >= 0.6 is 0 Å². The van der Waals surface area contributed by atoms with Crippen LogP contribution in [0.15, 0.2) is 12.2 Å². The van der Waals surface area contributed by atoms with Crippen molar-refractivity contribution >= 4 is 40.2 Å². The van der Waals surface area contributed by atoms with Crippen LogP contribution < -0.4 is 10.0 Å². The molecule has 2 fully saturated rings. The Morgan fingerprint density at radius 2 is 1.60 bits per heavy atom. The third-order valence-electron chi connectivity index (χ3n) is 7.58. The van der Waals surface area contributed by atoms with Crippen molar-refractivity contribution in [1.82, 2.24) is 19.2 Å². The highest BCUT2D eigenvalue weighted by Gasteiger charge is 2.61. The molecule has 1 saturated heterocycles. The molecule has 3 rings (SSSR count). The van der Waals surface area contributed by atoms with Gasteiger partial charge >= 0.3 is 22.5 Å². The van der Waals surface area contributed by atoms with E-state index in [1.54, 1.807) is 41.5 Å². The molecule has 47 heavy (non-hydrogen) atoms. The Bertz CT molecular complexity index is 1280. The Hall–Kier alpha value is -3.24. The first kappa shape index (κ1) is 39.9. The van der Waals surface area contributed by atoms with Crippen LogP contribution in [-0.4, -0.2) is 102 Å². The topological polar surface area (TPSA) is 198 Å². The van der Waals surface area contributed by atoms with Gasteiger partial charge in [0, 0.05) is 38.9 Å². The summed E-state index contributed by atoms with van der Waals surface area (Å²) >= 11 is 0. The van der Waals surface area contributed by atoms with E-state index in [2.05, 4.69) is 10.1 Å². The minimum absolute atomic E-state index is 0.0683. The SMILES string of the molecule is CC(C)(C)OC(=O)OC(=O)OC(C)(C)C.C[C@H]1CCCCC/C=C\[C@@H]2C[C@@]2(C(=O)NS(=O)(=O)N(C)C)NC(=O)[C@@H]2C[C@@H](O)CN2C1=O. The summed E-state index contributed by atoms with van der Waals surface area (Å²) in [6, 6.07) is -0.898. The van der Waals surface area contributed by atoms with Crippen LogP contribution in [0.5, 0.6) is 0 Å². The number of hydrogen-bond donors (Lipinski definition) is 3. The first-order chi connectivity index (χ1) is 21.5. The average molecular weight is 689 g/mol. The Morgan fingerprint density at radius 1 is 1.02 bits per heavy atom. The Kier molecular flexibility index (Phi) is 13.4. The molecule has 3 aliphatic rings. The van der Waals surface area contributed by atoms with Gasteiger partial charge in [0.05, 0.1) is 6.10 Å². The van der Waals surface area contributed by atoms with Gasteiger partial charge < -0.3 is 29.5 Å². The van der Waals surface area contributed by atoms with Crippen LogP contribution in [-0.2, 0) is 38.8 Å². The van der Waals surface area contributed by atoms with Gasteiger partial charge in [-0.2, -0.15) is 12.7 Å². The number of nitrogens with zero attached hydrogens (tertiary/aromatic N) is 2. The molecule has 268 valence electrons. The maximum absolute atomic E-state index is 13.2. The molecule has 0 spiro atoms. The van der Waals surface area contributed by atoms with Gasteiger partial charge in [-0.25, -0.2) is 14.3 Å². The van der Waals surface area contributed by atoms with E-state index in [0.29, 0.717) is 6.42 Å². The van der Waals surface area contributed by atoms with Gasteiger partial charge in [-0.15, -0.1) is 0 Å². The summed E-state index contributed by atoms with van der Waals surface area (Å²) < 4.78 is 41.1. The van der Waals surface area contributed by atoms with Crippen LogP contribution in [0.1, 0.15) is 93.4 Å². The number of aliphatic hydroxyl groups is 1. The van der Waals surface area contributed by atoms with E-state index >= 15 is 0 Å². The molecule has 0 aromatic rings. The molecule has 16 heteroatoms. The van der Waals surface area contributed by atoms with E-state index in [9.17, 15) is 37.5 Å². The second-order valence-corrected chi connectivity index (χ2v) is 16.3. The van der Waals surface area contributed by atoms with Gasteiger partial charge in [0.1, 0.15) is 22.8 Å². The second kappa shape index (κ2) is 15.8. The molecule has 2 aliphatic heterocycles. The molecule has 1 saturated carbocycles. The lowest BCUT2D eigenvalue weighted by Gasteiger charge is -2.28. The van der Waals surface area contributed by atoms with E-state index < -0.39 is 63.2 Å². The number of nitrogens with one attached hydrogen (secondary N) is 2. The Labute approximate surface area is 277 Å². The fourth-order valence-electron chi connectivity index (χ4n) is 5.06. The monoisotopic (exact) mass is 688 g/mol. The highest BCUT2D eigenvalue weighted by Crippen LogP contribution is 2.45. The fraction of sp³-hybridized carbons (Fsp3) is 0.774. The van der Waals surface area contributed by atoms with Crippen LogP contribution in [0, 0.1) is 11.8 Å². The van der Waals surface area contributed by atoms with Crippen LogP contribution in [0.2, 0.25) is 0 Å². The normalized spacial score (nSPS) is 27.8. The van der Waals surface area contributed by atoms with Crippen molar-refractivity contribution in [2.45, 2.75) is 122 Å². The third kappa shape index (κ3) is 12.4. The Morgan fingerprint density at radius 3 is 2.13 bits per heavy atom. The van der Waals surface area contributed by atoms with Crippen molar-refractivity contribution in [1.29, 1.82) is 0 Å². The quantitative estimate of drug-likeness (QED) is 0.224. The molecule has 0 aromatic heterocycles. The zero-order chi connectivity index (χ0) is 36.0. The largest absolute Gasteiger partial charge is 0.519 e. The lowest BCUT2D eigenvalue weighted by Crippen LogP contribution is -2.57. The standard InChI is InChI=1S/C21H34N4O6S.C10H18O5/c1-14-9-7-5-4-6-8-10-15-12-21(15,20(29)23-32(30,31)24(2)3)22-18(27)17-11-16(26)13-25(17)19(14)28;1-9(2,3)14-7(11)13-8(12)15-10(4,5)6/h8,10,14-17,26H,4-7,9,11-13H2,1-3H3,(H,22,27)(H,23,29);1-6H3/b10-8-;/t14-,15+,16+,17-,21+;/m0./s1. The summed E-state index contributed by atoms with van der Waals surface area (Å²) in [6.07, 6.45) is 5.54. The summed E-state index contributed by atoms with van der Waals surface area (Å²) in [5.74, 6) is -2.15. The molecule has 0 radical (unpaired) electrons. The predicted octanol–water partition coefficient (Wildman–Crippen LogP) is 2.78.